The Balaban J connectivity index is 2.20. The molecule has 2 aromatic heterocycles. The number of H-pyrrole nitrogens is 2. The number of hydrogen-bond acceptors (Lipinski definition) is 3. The minimum Gasteiger partial charge on any atom is -0.392 e. The molecule has 5 nitrogen and oxygen atoms in total. The van der Waals surface area contributed by atoms with Gasteiger partial charge in [-0.25, -0.2) is 0 Å². The van der Waals surface area contributed by atoms with Crippen LogP contribution in [0.5, 0.6) is 0 Å². The number of rotatable bonds is 2. The van der Waals surface area contributed by atoms with Crippen LogP contribution in [0.3, 0.4) is 0 Å². The summed E-state index contributed by atoms with van der Waals surface area (Å²) < 4.78 is 0.789. The van der Waals surface area contributed by atoms with Gasteiger partial charge < -0.3 is 10.1 Å². The molecule has 0 bridgehead atoms. The van der Waals surface area contributed by atoms with Crippen molar-refractivity contribution in [2.24, 2.45) is 0 Å². The van der Waals surface area contributed by atoms with Crippen LogP contribution in [-0.4, -0.2) is 20.3 Å². The Labute approximate surface area is 139 Å². The van der Waals surface area contributed by atoms with E-state index in [2.05, 4.69) is 31.1 Å². The van der Waals surface area contributed by atoms with Crippen LogP contribution in [0.25, 0.3) is 32.7 Å². The fourth-order valence-electron chi connectivity index (χ4n) is 2.93. The van der Waals surface area contributed by atoms with Crippen LogP contribution in [0.1, 0.15) is 5.56 Å². The van der Waals surface area contributed by atoms with Gasteiger partial charge in [-0.15, -0.1) is 0 Å². The summed E-state index contributed by atoms with van der Waals surface area (Å²) in [5, 5.41) is 19.5. The van der Waals surface area contributed by atoms with E-state index >= 15 is 0 Å². The molecule has 0 unspecified atom stereocenters. The molecule has 0 atom stereocenters. The Morgan fingerprint density at radius 1 is 1.09 bits per heavy atom. The molecule has 23 heavy (non-hydrogen) atoms. The smallest absolute Gasteiger partial charge is 0.256 e. The predicted octanol–water partition coefficient (Wildman–Crippen LogP) is 3.33. The summed E-state index contributed by atoms with van der Waals surface area (Å²) in [6.45, 7) is -0.0866. The second kappa shape index (κ2) is 5.33. The monoisotopic (exact) mass is 369 g/mol. The number of aliphatic hydroxyl groups excluding tert-OH is 1. The van der Waals surface area contributed by atoms with E-state index in [9.17, 15) is 9.90 Å². The lowest BCUT2D eigenvalue weighted by Crippen LogP contribution is -2.06. The van der Waals surface area contributed by atoms with Gasteiger partial charge in [-0.05, 0) is 50.0 Å². The number of hydrogen-bond donors (Lipinski definition) is 3. The Bertz CT molecular complexity index is 1080. The number of aliphatic hydroxyl groups is 1. The first-order valence-corrected chi connectivity index (χ1v) is 7.85. The third-order valence-corrected chi connectivity index (χ3v) is 4.70. The fourth-order valence-corrected chi connectivity index (χ4v) is 3.36. The number of pyridine rings is 1. The highest BCUT2D eigenvalue weighted by Gasteiger charge is 2.12. The molecular formula is C17H12BrN3O2. The largest absolute Gasteiger partial charge is 0.392 e. The van der Waals surface area contributed by atoms with Crippen molar-refractivity contribution in [3.05, 3.63) is 63.2 Å². The van der Waals surface area contributed by atoms with Gasteiger partial charge in [0.2, 0.25) is 0 Å². The molecule has 0 saturated carbocycles. The summed E-state index contributed by atoms with van der Waals surface area (Å²) in [5.41, 5.74) is 2.54. The number of nitrogens with zero attached hydrogens (tertiary/aromatic N) is 1. The van der Waals surface area contributed by atoms with Crippen molar-refractivity contribution in [1.82, 2.24) is 15.2 Å². The summed E-state index contributed by atoms with van der Waals surface area (Å²) in [6, 6.07) is 7.71. The molecule has 0 aliphatic rings. The highest BCUT2D eigenvalue weighted by Crippen LogP contribution is 2.33. The van der Waals surface area contributed by atoms with Crippen molar-refractivity contribution < 1.29 is 5.11 Å². The molecule has 0 amide bonds. The highest BCUT2D eigenvalue weighted by atomic mass is 79.9. The summed E-state index contributed by atoms with van der Waals surface area (Å²) in [4.78, 5) is 15.1. The lowest BCUT2D eigenvalue weighted by Gasteiger charge is -2.11. The first kappa shape index (κ1) is 14.2. The van der Waals surface area contributed by atoms with Gasteiger partial charge in [0.25, 0.3) is 5.56 Å². The maximum atomic E-state index is 12.4. The topological polar surface area (TPSA) is 81.8 Å². The molecule has 0 spiro atoms. The van der Waals surface area contributed by atoms with E-state index in [1.807, 2.05) is 24.3 Å². The van der Waals surface area contributed by atoms with E-state index in [4.69, 9.17) is 0 Å². The molecule has 4 aromatic rings. The standard InChI is InChI=1S/C17H12BrN3O2/c18-15-7-19-17(23)16-13-3-9(11-5-20-21-6-11)1-2-12(13)10(8-22)4-14(15)16/h1-7,22H,8H2,(H,19,23)(H,20,21). The minimum absolute atomic E-state index is 0.0866. The molecular weight excluding hydrogens is 358 g/mol. The molecule has 6 heteroatoms. The number of nitrogens with one attached hydrogen (secondary N) is 2. The van der Waals surface area contributed by atoms with Crippen LogP contribution in [0, 0.1) is 0 Å². The number of benzene rings is 2. The van der Waals surface area contributed by atoms with Gasteiger partial charge in [0, 0.05) is 27.8 Å². The first-order chi connectivity index (χ1) is 11.2. The Morgan fingerprint density at radius 3 is 2.70 bits per heavy atom. The highest BCUT2D eigenvalue weighted by molar-refractivity contribution is 9.10. The van der Waals surface area contributed by atoms with Crippen molar-refractivity contribution in [3.63, 3.8) is 0 Å². The van der Waals surface area contributed by atoms with Crippen LogP contribution < -0.4 is 5.56 Å². The Kier molecular flexibility index (Phi) is 3.28. The zero-order valence-electron chi connectivity index (χ0n) is 11.9. The Morgan fingerprint density at radius 2 is 1.96 bits per heavy atom. The van der Waals surface area contributed by atoms with Gasteiger partial charge in [0.1, 0.15) is 0 Å². The van der Waals surface area contributed by atoms with E-state index in [1.165, 1.54) is 0 Å². The van der Waals surface area contributed by atoms with E-state index in [-0.39, 0.29) is 12.2 Å². The lowest BCUT2D eigenvalue weighted by atomic mass is 9.95. The van der Waals surface area contributed by atoms with Crippen molar-refractivity contribution in [3.8, 4) is 11.1 Å². The molecule has 0 fully saturated rings. The Hall–Kier alpha value is -2.44. The second-order valence-electron chi connectivity index (χ2n) is 5.33. The quantitative estimate of drug-likeness (QED) is 0.474. The molecule has 0 radical (unpaired) electrons. The molecule has 0 aliphatic carbocycles. The fraction of sp³-hybridized carbons (Fsp3) is 0.0588. The average molecular weight is 370 g/mol. The van der Waals surface area contributed by atoms with Crippen LogP contribution >= 0.6 is 15.9 Å². The van der Waals surface area contributed by atoms with Gasteiger partial charge in [-0.1, -0.05) is 12.1 Å². The van der Waals surface area contributed by atoms with Gasteiger partial charge in [-0.3, -0.25) is 9.89 Å². The van der Waals surface area contributed by atoms with Crippen LogP contribution in [0.2, 0.25) is 0 Å². The summed E-state index contributed by atoms with van der Waals surface area (Å²) >= 11 is 3.47. The SMILES string of the molecule is O=c1[nH]cc(Br)c2cc(CO)c3ccc(-c4cn[nH]c4)cc3c12. The zero-order chi connectivity index (χ0) is 16.0. The van der Waals surface area contributed by atoms with Gasteiger partial charge >= 0.3 is 0 Å². The summed E-state index contributed by atoms with van der Waals surface area (Å²) in [5.74, 6) is 0. The van der Waals surface area contributed by atoms with Gasteiger partial charge in [0.15, 0.2) is 0 Å². The van der Waals surface area contributed by atoms with E-state index < -0.39 is 0 Å². The van der Waals surface area contributed by atoms with Crippen LogP contribution in [-0.2, 0) is 6.61 Å². The molecule has 2 heterocycles. The van der Waals surface area contributed by atoms with Crippen molar-refractivity contribution in [2.45, 2.75) is 6.61 Å². The first-order valence-electron chi connectivity index (χ1n) is 7.05. The normalized spacial score (nSPS) is 11.4. The third kappa shape index (κ3) is 2.18. The third-order valence-electron chi connectivity index (χ3n) is 4.04. The average Bonchev–Trinajstić information content (AvgIpc) is 3.11. The van der Waals surface area contributed by atoms with Gasteiger partial charge in [-0.2, -0.15) is 5.10 Å². The lowest BCUT2D eigenvalue weighted by molar-refractivity contribution is 0.283. The molecule has 0 saturated heterocycles. The van der Waals surface area contributed by atoms with E-state index in [0.717, 1.165) is 37.3 Å². The molecule has 114 valence electrons. The van der Waals surface area contributed by atoms with Crippen molar-refractivity contribution in [2.75, 3.05) is 0 Å². The van der Waals surface area contributed by atoms with E-state index in [0.29, 0.717) is 5.39 Å². The summed E-state index contributed by atoms with van der Waals surface area (Å²) in [7, 11) is 0. The molecule has 2 aromatic carbocycles. The number of fused-ring (bicyclic) bond motifs is 3. The van der Waals surface area contributed by atoms with Crippen LogP contribution in [0.4, 0.5) is 0 Å². The molecule has 3 N–H and O–H groups in total. The van der Waals surface area contributed by atoms with Gasteiger partial charge in [0.05, 0.1) is 18.2 Å². The molecule has 4 rings (SSSR count). The summed E-state index contributed by atoms with van der Waals surface area (Å²) in [6.07, 6.45) is 5.16. The maximum absolute atomic E-state index is 12.4. The van der Waals surface area contributed by atoms with Crippen molar-refractivity contribution >= 4 is 37.5 Å². The van der Waals surface area contributed by atoms with Crippen LogP contribution in [0.15, 0.2) is 52.1 Å². The second-order valence-corrected chi connectivity index (χ2v) is 6.18. The number of aromatic amines is 2. The van der Waals surface area contributed by atoms with E-state index in [1.54, 1.807) is 18.6 Å². The molecule has 0 aliphatic heterocycles. The minimum atomic E-state index is -0.151. The maximum Gasteiger partial charge on any atom is 0.256 e. The number of aromatic nitrogens is 3. The zero-order valence-corrected chi connectivity index (χ0v) is 13.5. The number of halogens is 1. The predicted molar refractivity (Wildman–Crippen MR) is 93.3 cm³/mol. The van der Waals surface area contributed by atoms with Crippen molar-refractivity contribution in [1.29, 1.82) is 0 Å².